The highest BCUT2D eigenvalue weighted by molar-refractivity contribution is 9.10. The number of halogens is 1. The van der Waals surface area contributed by atoms with Gasteiger partial charge in [-0.3, -0.25) is 9.69 Å². The Hall–Kier alpha value is -0.520. The van der Waals surface area contributed by atoms with Crippen LogP contribution in [-0.2, 0) is 0 Å². The van der Waals surface area contributed by atoms with Crippen molar-refractivity contribution in [2.24, 2.45) is 0 Å². The van der Waals surface area contributed by atoms with E-state index in [9.17, 15) is 4.79 Å². The lowest BCUT2D eigenvalue weighted by Gasteiger charge is -2.34. The molecule has 2 atom stereocenters. The zero-order valence-corrected chi connectivity index (χ0v) is 14.5. The molecule has 5 heteroatoms. The number of hydrogen-bond donors (Lipinski definition) is 0. The molecular formula is C15H20BrNO2S. The van der Waals surface area contributed by atoms with Crippen molar-refractivity contribution in [3.05, 3.63) is 28.2 Å². The number of hydrogen-bond acceptors (Lipinski definition) is 4. The van der Waals surface area contributed by atoms with Gasteiger partial charge in [0, 0.05) is 29.2 Å². The molecule has 0 aromatic heterocycles. The summed E-state index contributed by atoms with van der Waals surface area (Å²) < 4.78 is 6.01. The first-order valence-electron chi connectivity index (χ1n) is 6.74. The highest BCUT2D eigenvalue weighted by Crippen LogP contribution is 2.27. The molecule has 0 bridgehead atoms. The minimum atomic E-state index is 0.166. The lowest BCUT2D eigenvalue weighted by atomic mass is 10.1. The van der Waals surface area contributed by atoms with E-state index in [0.29, 0.717) is 17.0 Å². The van der Waals surface area contributed by atoms with Gasteiger partial charge in [-0.05, 0) is 34.1 Å². The molecule has 0 aliphatic carbocycles. The Morgan fingerprint density at radius 1 is 1.40 bits per heavy atom. The van der Waals surface area contributed by atoms with E-state index in [2.05, 4.69) is 34.7 Å². The van der Waals surface area contributed by atoms with Crippen LogP contribution in [0.15, 0.2) is 22.7 Å². The molecule has 1 fully saturated rings. The molecule has 1 aromatic rings. The minimum absolute atomic E-state index is 0.166. The summed E-state index contributed by atoms with van der Waals surface area (Å²) in [6.45, 7) is 6.91. The van der Waals surface area contributed by atoms with Gasteiger partial charge in [0.2, 0.25) is 0 Å². The Bertz CT molecular complexity index is 485. The number of carbonyl (C=O) groups excluding carboxylic acids is 1. The van der Waals surface area contributed by atoms with Crippen molar-refractivity contribution in [1.82, 2.24) is 4.90 Å². The van der Waals surface area contributed by atoms with Gasteiger partial charge in [0.05, 0.1) is 18.1 Å². The van der Waals surface area contributed by atoms with Gasteiger partial charge in [-0.15, -0.1) is 0 Å². The topological polar surface area (TPSA) is 29.5 Å². The fourth-order valence-corrected chi connectivity index (χ4v) is 4.48. The summed E-state index contributed by atoms with van der Waals surface area (Å²) in [7, 11) is 1.62. The van der Waals surface area contributed by atoms with Gasteiger partial charge in [-0.1, -0.05) is 13.8 Å². The number of Topliss-reactive ketones (excluding diaryl/α,β-unsaturated/α-hetero) is 1. The zero-order chi connectivity index (χ0) is 14.7. The molecule has 110 valence electrons. The predicted molar refractivity (Wildman–Crippen MR) is 88.0 cm³/mol. The number of carbonyl (C=O) groups is 1. The number of benzene rings is 1. The summed E-state index contributed by atoms with van der Waals surface area (Å²) in [6.07, 6.45) is 0. The average Bonchev–Trinajstić information content (AvgIpc) is 2.37. The molecule has 2 unspecified atom stereocenters. The van der Waals surface area contributed by atoms with Gasteiger partial charge in [0.1, 0.15) is 5.75 Å². The first kappa shape index (κ1) is 15.9. The Morgan fingerprint density at radius 3 is 2.60 bits per heavy atom. The molecule has 1 aliphatic rings. The minimum Gasteiger partial charge on any atom is -0.496 e. The maximum atomic E-state index is 12.4. The van der Waals surface area contributed by atoms with Crippen molar-refractivity contribution in [2.75, 3.05) is 26.7 Å². The predicted octanol–water partition coefficient (Wildman–Crippen LogP) is 3.47. The van der Waals surface area contributed by atoms with Crippen molar-refractivity contribution in [3.8, 4) is 5.75 Å². The molecule has 1 heterocycles. The molecule has 0 saturated carbocycles. The second kappa shape index (κ2) is 6.96. The summed E-state index contributed by atoms with van der Waals surface area (Å²) in [5.74, 6) is 0.915. The third kappa shape index (κ3) is 3.99. The molecule has 0 radical (unpaired) electrons. The quantitative estimate of drug-likeness (QED) is 0.771. The van der Waals surface area contributed by atoms with Crippen molar-refractivity contribution in [1.29, 1.82) is 0 Å². The van der Waals surface area contributed by atoms with E-state index in [1.807, 2.05) is 30.0 Å². The number of nitrogens with zero attached hydrogens (tertiary/aromatic N) is 1. The second-order valence-electron chi connectivity index (χ2n) is 5.22. The number of rotatable bonds is 4. The third-order valence-corrected chi connectivity index (χ3v) is 5.18. The summed E-state index contributed by atoms with van der Waals surface area (Å²) >= 11 is 5.42. The van der Waals surface area contributed by atoms with E-state index in [4.69, 9.17) is 4.74 Å². The highest BCUT2D eigenvalue weighted by atomic mass is 79.9. The van der Waals surface area contributed by atoms with Crippen LogP contribution in [0.5, 0.6) is 5.75 Å². The number of ketones is 1. The second-order valence-corrected chi connectivity index (χ2v) is 7.96. The van der Waals surface area contributed by atoms with Crippen molar-refractivity contribution >= 4 is 33.5 Å². The third-order valence-electron chi connectivity index (χ3n) is 3.34. The molecule has 2 rings (SSSR count). The Balaban J connectivity index is 2.02. The van der Waals surface area contributed by atoms with Gasteiger partial charge < -0.3 is 4.74 Å². The van der Waals surface area contributed by atoms with E-state index >= 15 is 0 Å². The van der Waals surface area contributed by atoms with E-state index in [1.54, 1.807) is 7.11 Å². The smallest absolute Gasteiger partial charge is 0.176 e. The van der Waals surface area contributed by atoms with E-state index < -0.39 is 0 Å². The molecule has 1 aromatic carbocycles. The fraction of sp³-hybridized carbons (Fsp3) is 0.533. The number of ether oxygens (including phenoxy) is 1. The molecule has 0 N–H and O–H groups in total. The van der Waals surface area contributed by atoms with Crippen LogP contribution in [0.3, 0.4) is 0 Å². The molecule has 1 aliphatic heterocycles. The summed E-state index contributed by atoms with van der Waals surface area (Å²) in [4.78, 5) is 14.6. The van der Waals surface area contributed by atoms with Crippen molar-refractivity contribution < 1.29 is 9.53 Å². The first-order valence-corrected chi connectivity index (χ1v) is 8.47. The fourth-order valence-electron chi connectivity index (χ4n) is 2.55. The average molecular weight is 358 g/mol. The maximum Gasteiger partial charge on any atom is 0.176 e. The Kier molecular flexibility index (Phi) is 5.52. The van der Waals surface area contributed by atoms with Crippen LogP contribution in [0.1, 0.15) is 24.2 Å². The molecular weight excluding hydrogens is 338 g/mol. The molecule has 20 heavy (non-hydrogen) atoms. The van der Waals surface area contributed by atoms with Gasteiger partial charge in [0.15, 0.2) is 5.78 Å². The van der Waals surface area contributed by atoms with Gasteiger partial charge >= 0.3 is 0 Å². The van der Waals surface area contributed by atoms with Gasteiger partial charge in [0.25, 0.3) is 0 Å². The first-order chi connectivity index (χ1) is 9.49. The number of methoxy groups -OCH3 is 1. The van der Waals surface area contributed by atoms with Crippen LogP contribution in [0.25, 0.3) is 0 Å². The SMILES string of the molecule is COc1ccc(C(=O)CN2CC(C)SC(C)C2)cc1Br. The lowest BCUT2D eigenvalue weighted by molar-refractivity contribution is 0.0930. The summed E-state index contributed by atoms with van der Waals surface area (Å²) in [5, 5.41) is 1.18. The zero-order valence-electron chi connectivity index (χ0n) is 12.1. The molecule has 0 spiro atoms. The van der Waals surface area contributed by atoms with E-state index in [1.165, 1.54) is 0 Å². The maximum absolute atomic E-state index is 12.4. The summed E-state index contributed by atoms with van der Waals surface area (Å²) in [5.41, 5.74) is 0.733. The number of thioether (sulfide) groups is 1. The molecule has 3 nitrogen and oxygen atoms in total. The summed E-state index contributed by atoms with van der Waals surface area (Å²) in [6, 6.07) is 5.50. The Labute approximate surface area is 133 Å². The van der Waals surface area contributed by atoms with Crippen molar-refractivity contribution in [3.63, 3.8) is 0 Å². The highest BCUT2D eigenvalue weighted by Gasteiger charge is 2.24. The van der Waals surface area contributed by atoms with Crippen LogP contribution < -0.4 is 4.74 Å². The van der Waals surface area contributed by atoms with Crippen LogP contribution in [-0.4, -0.2) is 47.9 Å². The van der Waals surface area contributed by atoms with Crippen LogP contribution in [0, 0.1) is 0 Å². The monoisotopic (exact) mass is 357 g/mol. The largest absolute Gasteiger partial charge is 0.496 e. The van der Waals surface area contributed by atoms with Gasteiger partial charge in [-0.25, -0.2) is 0 Å². The lowest BCUT2D eigenvalue weighted by Crippen LogP contribution is -2.42. The molecule has 0 amide bonds. The van der Waals surface area contributed by atoms with Crippen LogP contribution in [0.2, 0.25) is 0 Å². The standard InChI is InChI=1S/C15H20BrNO2S/c1-10-7-17(8-11(2)20-10)9-14(18)12-4-5-15(19-3)13(16)6-12/h4-6,10-11H,7-9H2,1-3H3. The van der Waals surface area contributed by atoms with Crippen molar-refractivity contribution in [2.45, 2.75) is 24.3 Å². The Morgan fingerprint density at radius 2 is 2.05 bits per heavy atom. The van der Waals surface area contributed by atoms with Crippen LogP contribution in [0.4, 0.5) is 0 Å². The van der Waals surface area contributed by atoms with E-state index in [-0.39, 0.29) is 5.78 Å². The molecule has 1 saturated heterocycles. The normalized spacial score (nSPS) is 23.6. The van der Waals surface area contributed by atoms with Crippen LogP contribution >= 0.6 is 27.7 Å². The van der Waals surface area contributed by atoms with Gasteiger partial charge in [-0.2, -0.15) is 11.8 Å². The van der Waals surface area contributed by atoms with E-state index in [0.717, 1.165) is 28.9 Å².